The van der Waals surface area contributed by atoms with Crippen LogP contribution in [0.3, 0.4) is 0 Å². The van der Waals surface area contributed by atoms with Crippen LogP contribution in [-0.2, 0) is 9.53 Å². The molecule has 0 bridgehead atoms. The maximum Gasteiger partial charge on any atom is 0.407 e. The van der Waals surface area contributed by atoms with Crippen molar-refractivity contribution in [3.05, 3.63) is 47.5 Å². The van der Waals surface area contributed by atoms with Gasteiger partial charge in [-0.05, 0) is 42.2 Å². The number of furan rings is 1. The van der Waals surface area contributed by atoms with Gasteiger partial charge in [-0.15, -0.1) is 0 Å². The van der Waals surface area contributed by atoms with E-state index >= 15 is 0 Å². The first kappa shape index (κ1) is 21.8. The molecule has 8 heteroatoms. The van der Waals surface area contributed by atoms with Gasteiger partial charge in [0.2, 0.25) is 0 Å². The van der Waals surface area contributed by atoms with Gasteiger partial charge in [-0.2, -0.15) is 13.2 Å². The zero-order chi connectivity index (χ0) is 22.1. The van der Waals surface area contributed by atoms with Gasteiger partial charge in [-0.3, -0.25) is 14.9 Å². The average Bonchev–Trinajstić information content (AvgIpc) is 3.05. The highest BCUT2D eigenvalue weighted by molar-refractivity contribution is 6.06. The van der Waals surface area contributed by atoms with Crippen molar-refractivity contribution >= 4 is 34.2 Å². The molecule has 0 saturated heterocycles. The van der Waals surface area contributed by atoms with E-state index in [2.05, 4.69) is 10.1 Å². The summed E-state index contributed by atoms with van der Waals surface area (Å²) in [5.74, 6) is -0.760. The van der Waals surface area contributed by atoms with E-state index in [1.807, 2.05) is 13.8 Å². The number of carbonyl (C=O) groups excluding carboxylic acids is 2. The minimum Gasteiger partial charge on any atom is -0.468 e. The maximum atomic E-state index is 13.9. The van der Waals surface area contributed by atoms with E-state index < -0.39 is 24.2 Å². The average molecular weight is 421 g/mol. The third-order valence-electron chi connectivity index (χ3n) is 4.88. The summed E-state index contributed by atoms with van der Waals surface area (Å²) in [6, 6.07) is 5.81. The van der Waals surface area contributed by atoms with Gasteiger partial charge < -0.3 is 9.15 Å². The zero-order valence-corrected chi connectivity index (χ0v) is 16.7. The monoisotopic (exact) mass is 421 g/mol. The highest BCUT2D eigenvalue weighted by Gasteiger charge is 2.43. The van der Waals surface area contributed by atoms with Crippen LogP contribution in [0.1, 0.15) is 42.2 Å². The number of carbonyl (C=O) groups is 2. The van der Waals surface area contributed by atoms with Gasteiger partial charge in [0.05, 0.1) is 7.11 Å². The number of ether oxygens (including phenoxy) is 1. The van der Waals surface area contributed by atoms with Gasteiger partial charge in [0.15, 0.2) is 0 Å². The summed E-state index contributed by atoms with van der Waals surface area (Å²) in [4.78, 5) is 23.1. The Hall–Kier alpha value is -2.87. The van der Waals surface area contributed by atoms with Crippen LogP contribution in [0, 0.1) is 5.92 Å². The molecule has 160 valence electrons. The fourth-order valence-electron chi connectivity index (χ4n) is 3.49. The summed E-state index contributed by atoms with van der Waals surface area (Å²) in [6.07, 6.45) is -3.76. The van der Waals surface area contributed by atoms with Gasteiger partial charge in [0.25, 0.3) is 0 Å². The lowest BCUT2D eigenvalue weighted by Crippen LogP contribution is -2.45. The Labute approximate surface area is 171 Å². The molecular formula is C22H22F3NO4. The second-order valence-electron chi connectivity index (χ2n) is 7.58. The molecule has 1 unspecified atom stereocenters. The molecule has 3 rings (SSSR count). The predicted octanol–water partition coefficient (Wildman–Crippen LogP) is 5.18. The van der Waals surface area contributed by atoms with Gasteiger partial charge in [-0.25, -0.2) is 0 Å². The number of benzene rings is 2. The first-order valence-electron chi connectivity index (χ1n) is 9.46. The molecule has 30 heavy (non-hydrogen) atoms. The summed E-state index contributed by atoms with van der Waals surface area (Å²) in [7, 11) is 1.15. The topological polar surface area (TPSA) is 68.5 Å². The molecule has 0 aliphatic carbocycles. The summed E-state index contributed by atoms with van der Waals surface area (Å²) < 4.78 is 52.0. The highest BCUT2D eigenvalue weighted by Crippen LogP contribution is 2.37. The molecule has 0 radical (unpaired) electrons. The van der Waals surface area contributed by atoms with Crippen molar-refractivity contribution in [1.82, 2.24) is 5.32 Å². The van der Waals surface area contributed by atoms with Crippen LogP contribution >= 0.6 is 0 Å². The fraction of sp³-hybridized carbons (Fsp3) is 0.364. The lowest BCUT2D eigenvalue weighted by molar-refractivity contribution is -0.164. The summed E-state index contributed by atoms with van der Waals surface area (Å²) in [6.45, 7) is 3.63. The number of alkyl halides is 3. The van der Waals surface area contributed by atoms with Crippen molar-refractivity contribution in [3.8, 4) is 0 Å². The molecule has 0 aliphatic heterocycles. The molecule has 1 N–H and O–H groups in total. The van der Waals surface area contributed by atoms with Crippen molar-refractivity contribution in [2.75, 3.05) is 7.11 Å². The third-order valence-corrected chi connectivity index (χ3v) is 4.88. The summed E-state index contributed by atoms with van der Waals surface area (Å²) in [5, 5.41) is 3.67. The lowest BCUT2D eigenvalue weighted by atomic mass is 9.99. The van der Waals surface area contributed by atoms with Crippen molar-refractivity contribution in [2.45, 2.75) is 38.5 Å². The first-order valence-corrected chi connectivity index (χ1v) is 9.46. The Morgan fingerprint density at radius 3 is 2.47 bits per heavy atom. The highest BCUT2D eigenvalue weighted by atomic mass is 19.4. The first-order chi connectivity index (χ1) is 14.1. The van der Waals surface area contributed by atoms with E-state index in [1.165, 1.54) is 18.2 Å². The van der Waals surface area contributed by atoms with Crippen molar-refractivity contribution < 1.29 is 31.9 Å². The van der Waals surface area contributed by atoms with Gasteiger partial charge in [0, 0.05) is 16.3 Å². The SMILES string of the molecule is COC(=O)[C@H](CC(C)C)NC(c1ccc2c(c1)oc1ccc(C=O)cc12)C(F)(F)F. The number of halogens is 3. The Morgan fingerprint density at radius 1 is 1.13 bits per heavy atom. The second-order valence-corrected chi connectivity index (χ2v) is 7.58. The van der Waals surface area contributed by atoms with Crippen LogP contribution in [-0.4, -0.2) is 31.6 Å². The Balaban J connectivity index is 2.04. The lowest BCUT2D eigenvalue weighted by Gasteiger charge is -2.27. The number of nitrogens with one attached hydrogen (secondary N) is 1. The molecule has 1 heterocycles. The maximum absolute atomic E-state index is 13.9. The number of esters is 1. The van der Waals surface area contributed by atoms with Gasteiger partial charge in [-0.1, -0.05) is 26.0 Å². The Bertz CT molecular complexity index is 1070. The number of aldehydes is 1. The minimum absolute atomic E-state index is 0.0136. The summed E-state index contributed by atoms with van der Waals surface area (Å²) in [5.41, 5.74) is 1.10. The van der Waals surface area contributed by atoms with Gasteiger partial charge in [0.1, 0.15) is 29.5 Å². The van der Waals surface area contributed by atoms with E-state index in [-0.39, 0.29) is 23.5 Å². The van der Waals surface area contributed by atoms with Crippen molar-refractivity contribution in [1.29, 1.82) is 0 Å². The molecule has 0 fully saturated rings. The molecule has 0 aliphatic rings. The van der Waals surface area contributed by atoms with Crippen molar-refractivity contribution in [2.24, 2.45) is 5.92 Å². The standard InChI is InChI=1S/C22H22F3NO4/c1-12(2)8-17(21(28)29-3)26-20(22(23,24)25)14-5-6-15-16-9-13(11-27)4-7-18(16)30-19(15)10-14/h4-7,9-12,17,20,26H,8H2,1-3H3/t17-,20?/m0/s1. The van der Waals surface area contributed by atoms with E-state index in [4.69, 9.17) is 4.42 Å². The number of fused-ring (bicyclic) bond motifs is 3. The number of rotatable bonds is 7. The molecular weight excluding hydrogens is 399 g/mol. The molecule has 3 aromatic rings. The smallest absolute Gasteiger partial charge is 0.407 e. The van der Waals surface area contributed by atoms with E-state index in [9.17, 15) is 22.8 Å². The zero-order valence-electron chi connectivity index (χ0n) is 16.7. The number of hydrogen-bond acceptors (Lipinski definition) is 5. The molecule has 0 spiro atoms. The van der Waals surface area contributed by atoms with E-state index in [0.717, 1.165) is 7.11 Å². The van der Waals surface area contributed by atoms with Crippen LogP contribution in [0.2, 0.25) is 0 Å². The third kappa shape index (κ3) is 4.48. The number of methoxy groups -OCH3 is 1. The van der Waals surface area contributed by atoms with Crippen LogP contribution < -0.4 is 5.32 Å². The quantitative estimate of drug-likeness (QED) is 0.421. The Morgan fingerprint density at radius 2 is 1.87 bits per heavy atom. The normalized spacial score (nSPS) is 14.2. The van der Waals surface area contributed by atoms with E-state index in [0.29, 0.717) is 28.2 Å². The second kappa shape index (κ2) is 8.47. The van der Waals surface area contributed by atoms with Crippen molar-refractivity contribution in [3.63, 3.8) is 0 Å². The van der Waals surface area contributed by atoms with E-state index in [1.54, 1.807) is 18.2 Å². The summed E-state index contributed by atoms with van der Waals surface area (Å²) >= 11 is 0. The minimum atomic E-state index is -4.65. The fourth-order valence-corrected chi connectivity index (χ4v) is 3.49. The van der Waals surface area contributed by atoms with Crippen LogP contribution in [0.25, 0.3) is 21.9 Å². The molecule has 2 atom stereocenters. The molecule has 1 aromatic heterocycles. The number of hydrogen-bond donors (Lipinski definition) is 1. The van der Waals surface area contributed by atoms with Crippen LogP contribution in [0.4, 0.5) is 13.2 Å². The Kier molecular flexibility index (Phi) is 6.17. The molecule has 2 aromatic carbocycles. The predicted molar refractivity (Wildman–Crippen MR) is 106 cm³/mol. The molecule has 5 nitrogen and oxygen atoms in total. The van der Waals surface area contributed by atoms with Gasteiger partial charge >= 0.3 is 12.1 Å². The molecule has 0 saturated carbocycles. The largest absolute Gasteiger partial charge is 0.468 e. The molecule has 0 amide bonds. The van der Waals surface area contributed by atoms with Crippen LogP contribution in [0.15, 0.2) is 40.8 Å². The van der Waals surface area contributed by atoms with Crippen LogP contribution in [0.5, 0.6) is 0 Å².